The Bertz CT molecular complexity index is 1040. The van der Waals surface area contributed by atoms with Crippen LogP contribution in [-0.4, -0.2) is 25.8 Å². The molecule has 0 radical (unpaired) electrons. The van der Waals surface area contributed by atoms with E-state index in [9.17, 15) is 8.42 Å². The number of thiazole rings is 1. The van der Waals surface area contributed by atoms with Crippen molar-refractivity contribution in [3.63, 3.8) is 0 Å². The monoisotopic (exact) mass is 375 g/mol. The largest absolute Gasteiger partial charge is 0.321 e. The third-order valence-electron chi connectivity index (χ3n) is 3.90. The molecule has 1 heterocycles. The van der Waals surface area contributed by atoms with E-state index in [1.54, 1.807) is 11.3 Å². The topological polar surface area (TPSA) is 63.5 Å². The summed E-state index contributed by atoms with van der Waals surface area (Å²) >= 11 is 1.60. The van der Waals surface area contributed by atoms with Crippen LogP contribution in [0.4, 0.5) is 5.69 Å². The standard InChI is InChI=1S/C18H21N3O2S2/c1-14-13-24-18(21(14)12-6-11-19-25(2,22)23)20-17-10-5-8-15-7-3-4-9-16(15)17/h3-5,7-10,13,19H,6,11-12H2,1-2H3. The molecule has 2 aromatic carbocycles. The molecule has 3 rings (SSSR count). The van der Waals surface area contributed by atoms with Crippen LogP contribution in [-0.2, 0) is 16.6 Å². The molecule has 0 unspecified atom stereocenters. The molecule has 0 spiro atoms. The first-order valence-electron chi connectivity index (χ1n) is 8.06. The number of rotatable bonds is 6. The lowest BCUT2D eigenvalue weighted by atomic mass is 10.1. The van der Waals surface area contributed by atoms with Crippen LogP contribution in [0.25, 0.3) is 10.8 Å². The van der Waals surface area contributed by atoms with Crippen molar-refractivity contribution < 1.29 is 8.42 Å². The highest BCUT2D eigenvalue weighted by Crippen LogP contribution is 2.25. The number of fused-ring (bicyclic) bond motifs is 1. The summed E-state index contributed by atoms with van der Waals surface area (Å²) in [5.74, 6) is 0. The van der Waals surface area contributed by atoms with Crippen molar-refractivity contribution in [3.8, 4) is 0 Å². The van der Waals surface area contributed by atoms with Gasteiger partial charge in [-0.25, -0.2) is 18.1 Å². The van der Waals surface area contributed by atoms with Gasteiger partial charge in [-0.1, -0.05) is 36.4 Å². The van der Waals surface area contributed by atoms with Gasteiger partial charge in [0, 0.05) is 29.5 Å². The molecule has 1 N–H and O–H groups in total. The lowest BCUT2D eigenvalue weighted by Crippen LogP contribution is -2.25. The van der Waals surface area contributed by atoms with E-state index in [-0.39, 0.29) is 0 Å². The van der Waals surface area contributed by atoms with Gasteiger partial charge in [0.25, 0.3) is 0 Å². The average molecular weight is 376 g/mol. The fraction of sp³-hybridized carbons (Fsp3) is 0.278. The van der Waals surface area contributed by atoms with Gasteiger partial charge in [-0.3, -0.25) is 0 Å². The Morgan fingerprint density at radius 3 is 2.72 bits per heavy atom. The van der Waals surface area contributed by atoms with Crippen molar-refractivity contribution in [2.24, 2.45) is 4.99 Å². The quantitative estimate of drug-likeness (QED) is 0.673. The molecule has 132 valence electrons. The first kappa shape index (κ1) is 17.8. The summed E-state index contributed by atoms with van der Waals surface area (Å²) in [5, 5.41) is 4.37. The van der Waals surface area contributed by atoms with Crippen molar-refractivity contribution in [2.75, 3.05) is 12.8 Å². The van der Waals surface area contributed by atoms with Crippen LogP contribution in [0.15, 0.2) is 52.8 Å². The molecule has 7 heteroatoms. The molecule has 0 saturated carbocycles. The number of hydrogen-bond acceptors (Lipinski definition) is 4. The van der Waals surface area contributed by atoms with Crippen LogP contribution in [0.3, 0.4) is 0 Å². The fourth-order valence-electron chi connectivity index (χ4n) is 2.68. The maximum atomic E-state index is 11.2. The third-order valence-corrected chi connectivity index (χ3v) is 5.61. The summed E-state index contributed by atoms with van der Waals surface area (Å²) in [6.07, 6.45) is 1.89. The maximum Gasteiger partial charge on any atom is 0.208 e. The molecule has 0 aliphatic heterocycles. The minimum Gasteiger partial charge on any atom is -0.321 e. The minimum atomic E-state index is -3.14. The summed E-state index contributed by atoms with van der Waals surface area (Å²) in [5.41, 5.74) is 2.08. The van der Waals surface area contributed by atoms with Crippen LogP contribution < -0.4 is 9.52 Å². The van der Waals surface area contributed by atoms with E-state index in [1.807, 2.05) is 31.2 Å². The van der Waals surface area contributed by atoms with E-state index in [0.29, 0.717) is 13.0 Å². The van der Waals surface area contributed by atoms with Crippen LogP contribution >= 0.6 is 11.3 Å². The van der Waals surface area contributed by atoms with E-state index in [2.05, 4.69) is 32.9 Å². The molecule has 0 atom stereocenters. The number of benzene rings is 2. The fourth-order valence-corrected chi connectivity index (χ4v) is 4.11. The van der Waals surface area contributed by atoms with Gasteiger partial charge >= 0.3 is 0 Å². The van der Waals surface area contributed by atoms with E-state index in [1.165, 1.54) is 11.6 Å². The lowest BCUT2D eigenvalue weighted by Gasteiger charge is -2.07. The number of aromatic nitrogens is 1. The highest BCUT2D eigenvalue weighted by molar-refractivity contribution is 7.88. The molecule has 0 fully saturated rings. The van der Waals surface area contributed by atoms with Gasteiger partial charge in [-0.15, -0.1) is 11.3 Å². The minimum absolute atomic E-state index is 0.425. The first-order valence-corrected chi connectivity index (χ1v) is 10.8. The van der Waals surface area contributed by atoms with Crippen LogP contribution in [0.1, 0.15) is 12.1 Å². The molecule has 3 aromatic rings. The number of aryl methyl sites for hydroxylation is 1. The number of sulfonamides is 1. The maximum absolute atomic E-state index is 11.2. The molecule has 1 aromatic heterocycles. The summed E-state index contributed by atoms with van der Waals surface area (Å²) in [6.45, 7) is 3.19. The first-order chi connectivity index (χ1) is 11.9. The number of nitrogens with one attached hydrogen (secondary N) is 1. The van der Waals surface area contributed by atoms with Crippen LogP contribution in [0.5, 0.6) is 0 Å². The number of nitrogens with zero attached hydrogens (tertiary/aromatic N) is 2. The Morgan fingerprint density at radius 1 is 1.16 bits per heavy atom. The molecule has 25 heavy (non-hydrogen) atoms. The Kier molecular flexibility index (Phi) is 5.36. The SMILES string of the molecule is Cc1csc(=Nc2cccc3ccccc23)n1CCCNS(C)(=O)=O. The molecule has 0 saturated heterocycles. The predicted octanol–water partition coefficient (Wildman–Crippen LogP) is 3.18. The van der Waals surface area contributed by atoms with E-state index in [4.69, 9.17) is 4.99 Å². The smallest absolute Gasteiger partial charge is 0.208 e. The second kappa shape index (κ2) is 7.51. The summed E-state index contributed by atoms with van der Waals surface area (Å²) in [4.78, 5) is 5.78. The molecule has 5 nitrogen and oxygen atoms in total. The van der Waals surface area contributed by atoms with Gasteiger partial charge in [0.15, 0.2) is 4.80 Å². The number of hydrogen-bond donors (Lipinski definition) is 1. The van der Waals surface area contributed by atoms with Crippen molar-refractivity contribution in [1.82, 2.24) is 9.29 Å². The van der Waals surface area contributed by atoms with Gasteiger partial charge in [-0.2, -0.15) is 0 Å². The Morgan fingerprint density at radius 2 is 1.92 bits per heavy atom. The second-order valence-electron chi connectivity index (χ2n) is 5.94. The van der Waals surface area contributed by atoms with Crippen molar-refractivity contribution in [2.45, 2.75) is 19.9 Å². The van der Waals surface area contributed by atoms with Gasteiger partial charge < -0.3 is 4.57 Å². The zero-order valence-electron chi connectivity index (χ0n) is 14.3. The molecule has 0 aliphatic carbocycles. The van der Waals surface area contributed by atoms with E-state index >= 15 is 0 Å². The van der Waals surface area contributed by atoms with Crippen molar-refractivity contribution in [3.05, 3.63) is 58.3 Å². The lowest BCUT2D eigenvalue weighted by molar-refractivity contribution is 0.570. The highest BCUT2D eigenvalue weighted by atomic mass is 32.2. The highest BCUT2D eigenvalue weighted by Gasteiger charge is 2.05. The van der Waals surface area contributed by atoms with E-state index in [0.717, 1.165) is 28.1 Å². The Labute approximate surface area is 151 Å². The molecular weight excluding hydrogens is 354 g/mol. The second-order valence-corrected chi connectivity index (χ2v) is 8.61. The Hall–Kier alpha value is -1.96. The van der Waals surface area contributed by atoms with Gasteiger partial charge in [0.05, 0.1) is 11.9 Å². The van der Waals surface area contributed by atoms with Crippen molar-refractivity contribution >= 4 is 37.8 Å². The summed E-state index contributed by atoms with van der Waals surface area (Å²) in [6, 6.07) is 14.3. The summed E-state index contributed by atoms with van der Waals surface area (Å²) < 4.78 is 27.0. The van der Waals surface area contributed by atoms with E-state index < -0.39 is 10.0 Å². The average Bonchev–Trinajstić information content (AvgIpc) is 2.91. The normalized spacial score (nSPS) is 12.8. The van der Waals surface area contributed by atoms with Crippen LogP contribution in [0.2, 0.25) is 0 Å². The van der Waals surface area contributed by atoms with Crippen LogP contribution in [0, 0.1) is 6.92 Å². The third kappa shape index (κ3) is 4.56. The predicted molar refractivity (Wildman–Crippen MR) is 104 cm³/mol. The molecular formula is C18H21N3O2S2. The summed E-state index contributed by atoms with van der Waals surface area (Å²) in [7, 11) is -3.14. The Balaban J connectivity index is 1.89. The van der Waals surface area contributed by atoms with Gasteiger partial charge in [0.1, 0.15) is 0 Å². The molecule has 0 bridgehead atoms. The zero-order chi connectivity index (χ0) is 17.9. The van der Waals surface area contributed by atoms with Crippen molar-refractivity contribution in [1.29, 1.82) is 0 Å². The van der Waals surface area contributed by atoms with Gasteiger partial charge in [0.2, 0.25) is 10.0 Å². The molecule has 0 aliphatic rings. The molecule has 0 amide bonds. The zero-order valence-corrected chi connectivity index (χ0v) is 15.9. The van der Waals surface area contributed by atoms with Gasteiger partial charge in [-0.05, 0) is 24.8 Å².